The maximum atomic E-state index is 9.86. The normalized spacial score (nSPS) is 34.5. The molecule has 98 valence electrons. The highest BCUT2D eigenvalue weighted by atomic mass is 16.3. The van der Waals surface area contributed by atoms with Crippen molar-refractivity contribution in [3.63, 3.8) is 0 Å². The van der Waals surface area contributed by atoms with Gasteiger partial charge < -0.3 is 10.2 Å². The highest BCUT2D eigenvalue weighted by Gasteiger charge is 2.34. The van der Waals surface area contributed by atoms with Gasteiger partial charge in [-0.1, -0.05) is 30.7 Å². The topological polar surface area (TPSA) is 40.5 Å². The van der Waals surface area contributed by atoms with Gasteiger partial charge in [0.25, 0.3) is 0 Å². The molecule has 0 saturated heterocycles. The van der Waals surface area contributed by atoms with Crippen molar-refractivity contribution in [2.45, 2.75) is 58.7 Å². The van der Waals surface area contributed by atoms with E-state index in [1.165, 1.54) is 5.57 Å². The number of aliphatic hydroxyl groups excluding tert-OH is 1. The van der Waals surface area contributed by atoms with E-state index in [0.29, 0.717) is 18.3 Å². The minimum Gasteiger partial charge on any atom is -0.390 e. The molecule has 0 bridgehead atoms. The van der Waals surface area contributed by atoms with Crippen LogP contribution >= 0.6 is 0 Å². The Hall–Kier alpha value is -0.600. The van der Waals surface area contributed by atoms with E-state index in [9.17, 15) is 10.2 Å². The Balaban J connectivity index is 2.49. The third kappa shape index (κ3) is 4.29. The van der Waals surface area contributed by atoms with Crippen molar-refractivity contribution in [3.05, 3.63) is 23.8 Å². The number of allylic oxidation sites excluding steroid dienone is 3. The molecule has 0 saturated carbocycles. The molecule has 0 radical (unpaired) electrons. The summed E-state index contributed by atoms with van der Waals surface area (Å²) in [7, 11) is 0. The Bertz CT molecular complexity index is 298. The van der Waals surface area contributed by atoms with E-state index in [2.05, 4.69) is 32.9 Å². The quantitative estimate of drug-likeness (QED) is 0.739. The molecule has 0 fully saturated rings. The smallest absolute Gasteiger partial charge is 0.106 e. The van der Waals surface area contributed by atoms with Gasteiger partial charge in [-0.05, 0) is 51.9 Å². The van der Waals surface area contributed by atoms with Crippen LogP contribution in [-0.4, -0.2) is 21.9 Å². The van der Waals surface area contributed by atoms with Crippen molar-refractivity contribution in [1.29, 1.82) is 0 Å². The van der Waals surface area contributed by atoms with E-state index in [1.54, 1.807) is 13.0 Å². The molecule has 0 aromatic rings. The van der Waals surface area contributed by atoms with Crippen LogP contribution in [0.2, 0.25) is 0 Å². The maximum Gasteiger partial charge on any atom is 0.106 e. The van der Waals surface area contributed by atoms with Crippen LogP contribution < -0.4 is 0 Å². The highest BCUT2D eigenvalue weighted by Crippen LogP contribution is 2.32. The van der Waals surface area contributed by atoms with Crippen LogP contribution in [0.1, 0.15) is 47.0 Å². The van der Waals surface area contributed by atoms with Crippen LogP contribution in [-0.2, 0) is 0 Å². The van der Waals surface area contributed by atoms with Gasteiger partial charge in [0.1, 0.15) is 5.60 Å². The molecule has 2 heteroatoms. The Labute approximate surface area is 105 Å². The number of hydrogen-bond acceptors (Lipinski definition) is 2. The lowest BCUT2D eigenvalue weighted by molar-refractivity contribution is -0.0455. The van der Waals surface area contributed by atoms with Gasteiger partial charge in [-0.2, -0.15) is 0 Å². The molecule has 0 unspecified atom stereocenters. The number of aliphatic hydroxyl groups is 2. The van der Waals surface area contributed by atoms with Crippen molar-refractivity contribution in [2.24, 2.45) is 11.8 Å². The Morgan fingerprint density at radius 1 is 1.53 bits per heavy atom. The second kappa shape index (κ2) is 5.83. The summed E-state index contributed by atoms with van der Waals surface area (Å²) in [5, 5.41) is 19.7. The van der Waals surface area contributed by atoms with Crippen LogP contribution in [0.3, 0.4) is 0 Å². The summed E-state index contributed by atoms with van der Waals surface area (Å²) < 4.78 is 0. The Kier molecular flexibility index (Phi) is 4.96. The van der Waals surface area contributed by atoms with Crippen LogP contribution in [0, 0.1) is 11.8 Å². The van der Waals surface area contributed by atoms with E-state index in [1.807, 2.05) is 0 Å². The number of rotatable bonds is 4. The average Bonchev–Trinajstić information content (AvgIpc) is 2.21. The van der Waals surface area contributed by atoms with Crippen molar-refractivity contribution >= 4 is 0 Å². The summed E-state index contributed by atoms with van der Waals surface area (Å²) >= 11 is 0. The van der Waals surface area contributed by atoms with E-state index >= 15 is 0 Å². The molecule has 0 aromatic heterocycles. The second-order valence-electron chi connectivity index (χ2n) is 5.84. The molecular formula is C15H26O2. The van der Waals surface area contributed by atoms with Gasteiger partial charge in [0.15, 0.2) is 0 Å². The largest absolute Gasteiger partial charge is 0.390 e. The lowest BCUT2D eigenvalue weighted by Gasteiger charge is -2.35. The zero-order chi connectivity index (χ0) is 13.1. The molecule has 17 heavy (non-hydrogen) atoms. The summed E-state index contributed by atoms with van der Waals surface area (Å²) in [5.74, 6) is 0.934. The lowest BCUT2D eigenvalue weighted by Crippen LogP contribution is -2.42. The van der Waals surface area contributed by atoms with E-state index < -0.39 is 11.7 Å². The van der Waals surface area contributed by atoms with Gasteiger partial charge in [-0.15, -0.1) is 0 Å². The summed E-state index contributed by atoms with van der Waals surface area (Å²) in [5.41, 5.74) is 0.315. The van der Waals surface area contributed by atoms with E-state index in [-0.39, 0.29) is 0 Å². The summed E-state index contributed by atoms with van der Waals surface area (Å²) in [4.78, 5) is 0. The van der Waals surface area contributed by atoms with Crippen LogP contribution in [0.5, 0.6) is 0 Å². The minimum atomic E-state index is -1.05. The first kappa shape index (κ1) is 14.5. The molecular weight excluding hydrogens is 212 g/mol. The molecule has 4 atom stereocenters. The third-order valence-corrected chi connectivity index (χ3v) is 3.76. The number of hydrogen-bond donors (Lipinski definition) is 2. The van der Waals surface area contributed by atoms with Gasteiger partial charge in [0.2, 0.25) is 0 Å². The average molecular weight is 238 g/mol. The zero-order valence-corrected chi connectivity index (χ0v) is 11.5. The Morgan fingerprint density at radius 3 is 2.71 bits per heavy atom. The molecule has 0 aliphatic heterocycles. The van der Waals surface area contributed by atoms with Gasteiger partial charge in [-0.3, -0.25) is 0 Å². The van der Waals surface area contributed by atoms with Crippen LogP contribution in [0.15, 0.2) is 23.8 Å². The first-order valence-electron chi connectivity index (χ1n) is 6.56. The van der Waals surface area contributed by atoms with Crippen molar-refractivity contribution in [2.75, 3.05) is 0 Å². The summed E-state index contributed by atoms with van der Waals surface area (Å²) in [6.07, 6.45) is 8.34. The van der Waals surface area contributed by atoms with Crippen molar-refractivity contribution in [3.8, 4) is 0 Å². The Morgan fingerprint density at radius 2 is 2.18 bits per heavy atom. The SMILES string of the molecule is CC(C)=CCC[C@H](C)[C@@H]1C=C[C@@](C)(O)[C@@H](O)C1. The standard InChI is InChI=1S/C15H26O2/c1-11(2)6-5-7-12(3)13-8-9-15(4,17)14(16)10-13/h6,8-9,12-14,16-17H,5,7,10H2,1-4H3/t12-,13+,14-,15+/m0/s1. The molecule has 2 nitrogen and oxygen atoms in total. The molecule has 1 rings (SSSR count). The predicted molar refractivity (Wildman–Crippen MR) is 71.7 cm³/mol. The van der Waals surface area contributed by atoms with Crippen LogP contribution in [0.25, 0.3) is 0 Å². The van der Waals surface area contributed by atoms with Crippen LogP contribution in [0.4, 0.5) is 0 Å². The maximum absolute atomic E-state index is 9.86. The first-order chi connectivity index (χ1) is 7.83. The third-order valence-electron chi connectivity index (χ3n) is 3.76. The van der Waals surface area contributed by atoms with Crippen molar-refractivity contribution < 1.29 is 10.2 Å². The molecule has 0 spiro atoms. The van der Waals surface area contributed by atoms with Gasteiger partial charge in [0, 0.05) is 0 Å². The monoisotopic (exact) mass is 238 g/mol. The molecule has 0 amide bonds. The molecule has 0 aromatic carbocycles. The molecule has 1 aliphatic carbocycles. The van der Waals surface area contributed by atoms with E-state index in [0.717, 1.165) is 12.8 Å². The summed E-state index contributed by atoms with van der Waals surface area (Å²) in [6, 6.07) is 0. The van der Waals surface area contributed by atoms with Gasteiger partial charge in [-0.25, -0.2) is 0 Å². The molecule has 2 N–H and O–H groups in total. The molecule has 1 aliphatic rings. The van der Waals surface area contributed by atoms with Crippen molar-refractivity contribution in [1.82, 2.24) is 0 Å². The minimum absolute atomic E-state index is 0.385. The zero-order valence-electron chi connectivity index (χ0n) is 11.5. The van der Waals surface area contributed by atoms with Gasteiger partial charge >= 0.3 is 0 Å². The first-order valence-corrected chi connectivity index (χ1v) is 6.56. The fourth-order valence-corrected chi connectivity index (χ4v) is 2.28. The fraction of sp³-hybridized carbons (Fsp3) is 0.733. The molecule has 0 heterocycles. The predicted octanol–water partition coefficient (Wildman–Crippen LogP) is 3.06. The lowest BCUT2D eigenvalue weighted by atomic mass is 9.77. The fourth-order valence-electron chi connectivity index (χ4n) is 2.28. The van der Waals surface area contributed by atoms with Gasteiger partial charge in [0.05, 0.1) is 6.10 Å². The second-order valence-corrected chi connectivity index (χ2v) is 5.84. The van der Waals surface area contributed by atoms with E-state index in [4.69, 9.17) is 0 Å². The summed E-state index contributed by atoms with van der Waals surface area (Å²) in [6.45, 7) is 8.12. The highest BCUT2D eigenvalue weighted by molar-refractivity contribution is 5.11.